The van der Waals surface area contributed by atoms with Crippen molar-refractivity contribution in [2.75, 3.05) is 19.8 Å². The molecule has 1 atom stereocenters. The van der Waals surface area contributed by atoms with E-state index in [2.05, 4.69) is 32.2 Å². The Bertz CT molecular complexity index is 533. The third-order valence-electron chi connectivity index (χ3n) is 3.56. The number of unbranched alkanes of at least 4 members (excludes halogenated alkanes) is 1. The molecule has 0 aliphatic rings. The van der Waals surface area contributed by atoms with Gasteiger partial charge in [-0.15, -0.1) is 6.58 Å². The molecule has 0 aromatic heterocycles. The molecule has 0 aliphatic carbocycles. The molecule has 0 radical (unpaired) electrons. The lowest BCUT2D eigenvalue weighted by Gasteiger charge is -2.29. The Morgan fingerprint density at radius 2 is 2.04 bits per heavy atom. The van der Waals surface area contributed by atoms with Gasteiger partial charge in [0.2, 0.25) is 0 Å². The van der Waals surface area contributed by atoms with Crippen molar-refractivity contribution in [2.45, 2.75) is 39.2 Å². The molecule has 0 N–H and O–H groups in total. The Labute approximate surface area is 156 Å². The predicted molar refractivity (Wildman–Crippen MR) is 105 cm³/mol. The maximum atomic E-state index is 12.0. The van der Waals surface area contributed by atoms with Gasteiger partial charge in [0.25, 0.3) is 0 Å². The maximum absolute atomic E-state index is 12.0. The number of nitrogens with zero attached hydrogens (tertiary/aromatic N) is 1. The number of esters is 1. The van der Waals surface area contributed by atoms with Crippen molar-refractivity contribution in [1.29, 1.82) is 0 Å². The number of carbonyl (C=O) groups excluding carboxylic acids is 1. The maximum Gasteiger partial charge on any atom is 0.334 e. The topological polar surface area (TPSA) is 38.8 Å². The van der Waals surface area contributed by atoms with Crippen molar-refractivity contribution in [3.05, 3.63) is 60.7 Å². The molecule has 0 aliphatic heterocycles. The monoisotopic (exact) mass is 363 g/mol. The van der Waals surface area contributed by atoms with Crippen LogP contribution < -0.4 is 0 Å². The van der Waals surface area contributed by atoms with Crippen LogP contribution in [0.2, 0.25) is 0 Å². The molecular formula is C20H29NO3S. The molecule has 4 nitrogen and oxygen atoms in total. The van der Waals surface area contributed by atoms with Gasteiger partial charge in [-0.3, -0.25) is 0 Å². The minimum atomic E-state index is -0.368. The van der Waals surface area contributed by atoms with Crippen LogP contribution in [0.25, 0.3) is 0 Å². The molecule has 0 saturated carbocycles. The highest BCUT2D eigenvalue weighted by atomic mass is 32.2. The zero-order valence-corrected chi connectivity index (χ0v) is 16.1. The summed E-state index contributed by atoms with van der Waals surface area (Å²) in [4.78, 5) is 12.0. The Morgan fingerprint density at radius 1 is 1.32 bits per heavy atom. The molecule has 25 heavy (non-hydrogen) atoms. The number of hydrogen-bond donors (Lipinski definition) is 0. The molecule has 5 heteroatoms. The fraction of sp³-hybridized carbons (Fsp3) is 0.450. The first-order valence-corrected chi connectivity index (χ1v) is 9.40. The summed E-state index contributed by atoms with van der Waals surface area (Å²) in [6.45, 7) is 13.0. The largest absolute Gasteiger partial charge is 0.463 e. The van der Waals surface area contributed by atoms with E-state index < -0.39 is 0 Å². The van der Waals surface area contributed by atoms with Gasteiger partial charge in [0.05, 0.1) is 31.5 Å². The van der Waals surface area contributed by atoms with E-state index in [1.54, 1.807) is 6.92 Å². The Hall–Kier alpha value is -1.56. The summed E-state index contributed by atoms with van der Waals surface area (Å²) in [6, 6.07) is 10.2. The van der Waals surface area contributed by atoms with E-state index in [9.17, 15) is 4.79 Å². The smallest absolute Gasteiger partial charge is 0.334 e. The first-order chi connectivity index (χ1) is 12.1. The van der Waals surface area contributed by atoms with Gasteiger partial charge < -0.3 is 8.92 Å². The van der Waals surface area contributed by atoms with Crippen LogP contribution in [-0.4, -0.2) is 30.0 Å². The molecular weight excluding hydrogens is 334 g/mol. The van der Waals surface area contributed by atoms with Gasteiger partial charge in [-0.2, -0.15) is 0 Å². The standard InChI is InChI=1S/C20H29NO3S/c1-5-8-15-24-25-21(16-17(4)20(22)23-7-3)19(12-6-2)18-13-10-9-11-14-18/h6,9-11,13-14,19H,2,4-5,7-8,12,15-16H2,1,3H3. The molecule has 1 aromatic carbocycles. The van der Waals surface area contributed by atoms with Gasteiger partial charge in [0, 0.05) is 12.1 Å². The average molecular weight is 364 g/mol. The summed E-state index contributed by atoms with van der Waals surface area (Å²) >= 11 is 1.29. The van der Waals surface area contributed by atoms with Crippen LogP contribution >= 0.6 is 12.2 Å². The number of carbonyl (C=O) groups is 1. The zero-order chi connectivity index (χ0) is 18.5. The van der Waals surface area contributed by atoms with Gasteiger partial charge in [-0.1, -0.05) is 56.3 Å². The molecule has 0 heterocycles. The summed E-state index contributed by atoms with van der Waals surface area (Å²) in [5.74, 6) is -0.368. The van der Waals surface area contributed by atoms with Crippen LogP contribution in [0.4, 0.5) is 0 Å². The van der Waals surface area contributed by atoms with Crippen LogP contribution in [0.3, 0.4) is 0 Å². The van der Waals surface area contributed by atoms with E-state index in [-0.39, 0.29) is 12.0 Å². The minimum Gasteiger partial charge on any atom is -0.463 e. The summed E-state index contributed by atoms with van der Waals surface area (Å²) < 4.78 is 12.8. The average Bonchev–Trinajstić information content (AvgIpc) is 2.63. The number of rotatable bonds is 13. The molecule has 0 amide bonds. The number of benzene rings is 1. The number of hydrogen-bond acceptors (Lipinski definition) is 5. The van der Waals surface area contributed by atoms with Gasteiger partial charge in [0.15, 0.2) is 0 Å². The third kappa shape index (κ3) is 7.90. The minimum absolute atomic E-state index is 0.0384. The van der Waals surface area contributed by atoms with Crippen molar-refractivity contribution >= 4 is 18.2 Å². The zero-order valence-electron chi connectivity index (χ0n) is 15.3. The van der Waals surface area contributed by atoms with Crippen LogP contribution in [-0.2, 0) is 13.7 Å². The lowest BCUT2D eigenvalue weighted by molar-refractivity contribution is -0.138. The van der Waals surface area contributed by atoms with Crippen molar-refractivity contribution < 1.29 is 13.7 Å². The van der Waals surface area contributed by atoms with Crippen LogP contribution in [0.1, 0.15) is 44.7 Å². The lowest BCUT2D eigenvalue weighted by Crippen LogP contribution is -2.27. The van der Waals surface area contributed by atoms with Gasteiger partial charge in [-0.25, -0.2) is 9.10 Å². The van der Waals surface area contributed by atoms with Gasteiger partial charge >= 0.3 is 5.97 Å². The van der Waals surface area contributed by atoms with Crippen molar-refractivity contribution in [1.82, 2.24) is 4.31 Å². The Morgan fingerprint density at radius 3 is 2.64 bits per heavy atom. The van der Waals surface area contributed by atoms with Gasteiger partial charge in [0.1, 0.15) is 0 Å². The van der Waals surface area contributed by atoms with Crippen LogP contribution in [0, 0.1) is 0 Å². The van der Waals surface area contributed by atoms with Crippen molar-refractivity contribution in [3.8, 4) is 0 Å². The second-order valence-electron chi connectivity index (χ2n) is 5.60. The van der Waals surface area contributed by atoms with E-state index in [0.29, 0.717) is 25.3 Å². The summed E-state index contributed by atoms with van der Waals surface area (Å²) in [5, 5.41) is 0. The van der Waals surface area contributed by atoms with Crippen LogP contribution in [0.5, 0.6) is 0 Å². The lowest BCUT2D eigenvalue weighted by atomic mass is 10.0. The fourth-order valence-corrected chi connectivity index (χ4v) is 3.08. The van der Waals surface area contributed by atoms with Crippen molar-refractivity contribution in [3.63, 3.8) is 0 Å². The fourth-order valence-electron chi connectivity index (χ4n) is 2.24. The highest BCUT2D eigenvalue weighted by Gasteiger charge is 2.23. The van der Waals surface area contributed by atoms with Crippen molar-refractivity contribution in [2.24, 2.45) is 0 Å². The van der Waals surface area contributed by atoms with E-state index in [1.807, 2.05) is 28.6 Å². The molecule has 1 aromatic rings. The summed E-state index contributed by atoms with van der Waals surface area (Å²) in [7, 11) is 0. The second-order valence-corrected chi connectivity index (χ2v) is 6.45. The molecule has 0 saturated heterocycles. The van der Waals surface area contributed by atoms with E-state index in [0.717, 1.165) is 24.8 Å². The molecule has 0 fully saturated rings. The van der Waals surface area contributed by atoms with Crippen LogP contribution in [0.15, 0.2) is 55.1 Å². The summed E-state index contributed by atoms with van der Waals surface area (Å²) in [5.41, 5.74) is 1.56. The number of ether oxygens (including phenoxy) is 1. The van der Waals surface area contributed by atoms with Gasteiger partial charge in [-0.05, 0) is 25.3 Å². The summed E-state index contributed by atoms with van der Waals surface area (Å²) in [6.07, 6.45) is 4.69. The van der Waals surface area contributed by atoms with E-state index in [4.69, 9.17) is 8.92 Å². The first-order valence-electron chi connectivity index (χ1n) is 8.70. The molecule has 0 spiro atoms. The normalized spacial score (nSPS) is 12.0. The highest BCUT2D eigenvalue weighted by molar-refractivity contribution is 7.92. The SMILES string of the molecule is C=CCC(c1ccccc1)N(CC(=C)C(=O)OCC)SOCCCC. The first kappa shape index (κ1) is 21.5. The van der Waals surface area contributed by atoms with E-state index >= 15 is 0 Å². The molecule has 0 bridgehead atoms. The highest BCUT2D eigenvalue weighted by Crippen LogP contribution is 2.32. The third-order valence-corrected chi connectivity index (χ3v) is 4.41. The Balaban J connectivity index is 2.90. The molecule has 1 unspecified atom stereocenters. The Kier molecular flexibility index (Phi) is 11.0. The molecule has 138 valence electrons. The second kappa shape index (κ2) is 12.8. The quantitative estimate of drug-likeness (QED) is 0.122. The van der Waals surface area contributed by atoms with E-state index in [1.165, 1.54) is 12.2 Å². The predicted octanol–water partition coefficient (Wildman–Crippen LogP) is 5.11. The molecule has 1 rings (SSSR count).